The molecule has 1 aliphatic heterocycles. The van der Waals surface area contributed by atoms with Crippen molar-refractivity contribution in [3.63, 3.8) is 0 Å². The molecule has 1 atom stereocenters. The highest BCUT2D eigenvalue weighted by molar-refractivity contribution is 6.30. The molecule has 2 heterocycles. The lowest BCUT2D eigenvalue weighted by molar-refractivity contribution is -0.121. The molecule has 1 aromatic heterocycles. The van der Waals surface area contributed by atoms with Gasteiger partial charge in [-0.2, -0.15) is 0 Å². The average molecular weight is 390 g/mol. The van der Waals surface area contributed by atoms with Crippen molar-refractivity contribution in [3.8, 4) is 0 Å². The summed E-state index contributed by atoms with van der Waals surface area (Å²) in [5.41, 5.74) is 1.14. The summed E-state index contributed by atoms with van der Waals surface area (Å²) in [5.74, 6) is 0.220. The third kappa shape index (κ3) is 6.69. The minimum Gasteiger partial charge on any atom is -0.379 e. The molecule has 0 bridgehead atoms. The lowest BCUT2D eigenvalue weighted by atomic mass is 9.95. The van der Waals surface area contributed by atoms with E-state index in [-0.39, 0.29) is 11.8 Å². The van der Waals surface area contributed by atoms with Crippen LogP contribution in [0.2, 0.25) is 5.02 Å². The van der Waals surface area contributed by atoms with E-state index in [4.69, 9.17) is 16.3 Å². The van der Waals surface area contributed by atoms with Crippen molar-refractivity contribution in [2.75, 3.05) is 39.4 Å². The van der Waals surface area contributed by atoms with Crippen molar-refractivity contribution in [3.05, 3.63) is 59.4 Å². The number of morpholine rings is 1. The van der Waals surface area contributed by atoms with Gasteiger partial charge in [-0.3, -0.25) is 9.69 Å². The Morgan fingerprint density at radius 2 is 1.85 bits per heavy atom. The molecule has 6 heteroatoms. The highest BCUT2D eigenvalue weighted by Crippen LogP contribution is 2.23. The van der Waals surface area contributed by atoms with Crippen LogP contribution in [0.15, 0.2) is 48.8 Å². The van der Waals surface area contributed by atoms with Gasteiger partial charge in [-0.15, -0.1) is 0 Å². The highest BCUT2D eigenvalue weighted by atomic mass is 35.5. The van der Waals surface area contributed by atoms with E-state index in [1.54, 1.807) is 0 Å². The van der Waals surface area contributed by atoms with Crippen LogP contribution >= 0.6 is 11.6 Å². The summed E-state index contributed by atoms with van der Waals surface area (Å²) in [7, 11) is 0. The molecular formula is C21H28ClN3O2. The van der Waals surface area contributed by atoms with E-state index in [9.17, 15) is 4.79 Å². The number of amides is 1. The summed E-state index contributed by atoms with van der Waals surface area (Å²) >= 11 is 6.02. The normalized spacial score (nSPS) is 16.2. The monoisotopic (exact) mass is 389 g/mol. The van der Waals surface area contributed by atoms with Gasteiger partial charge in [0.2, 0.25) is 5.91 Å². The summed E-state index contributed by atoms with van der Waals surface area (Å²) in [6.07, 6.45) is 5.50. The highest BCUT2D eigenvalue weighted by Gasteiger charge is 2.17. The number of hydrogen-bond acceptors (Lipinski definition) is 3. The second-order valence-corrected chi connectivity index (χ2v) is 7.43. The number of halogens is 1. The number of carbonyl (C=O) groups excluding carboxylic acids is 1. The zero-order chi connectivity index (χ0) is 18.9. The number of nitrogens with one attached hydrogen (secondary N) is 1. The van der Waals surface area contributed by atoms with Gasteiger partial charge in [0.1, 0.15) is 0 Å². The molecule has 1 N–H and O–H groups in total. The smallest absolute Gasteiger partial charge is 0.220 e. The van der Waals surface area contributed by atoms with Gasteiger partial charge >= 0.3 is 0 Å². The third-order valence-electron chi connectivity index (χ3n) is 4.95. The fraction of sp³-hybridized carbons (Fsp3) is 0.476. The van der Waals surface area contributed by atoms with Crippen molar-refractivity contribution in [2.24, 2.45) is 0 Å². The van der Waals surface area contributed by atoms with Crippen LogP contribution in [-0.2, 0) is 16.1 Å². The molecule has 1 aromatic carbocycles. The van der Waals surface area contributed by atoms with Crippen LogP contribution in [0.5, 0.6) is 0 Å². The molecule has 0 spiro atoms. The van der Waals surface area contributed by atoms with Crippen molar-refractivity contribution in [2.45, 2.75) is 25.3 Å². The second-order valence-electron chi connectivity index (χ2n) is 6.99. The van der Waals surface area contributed by atoms with E-state index in [1.807, 2.05) is 48.8 Å². The van der Waals surface area contributed by atoms with Gasteiger partial charge in [0, 0.05) is 55.9 Å². The summed E-state index contributed by atoms with van der Waals surface area (Å²) in [4.78, 5) is 14.9. The summed E-state index contributed by atoms with van der Waals surface area (Å²) < 4.78 is 7.47. The average Bonchev–Trinajstić information content (AvgIpc) is 3.19. The molecule has 5 nitrogen and oxygen atoms in total. The third-order valence-corrected chi connectivity index (χ3v) is 5.20. The van der Waals surface area contributed by atoms with Gasteiger partial charge < -0.3 is 14.6 Å². The first kappa shape index (κ1) is 19.9. The predicted molar refractivity (Wildman–Crippen MR) is 108 cm³/mol. The Balaban J connectivity index is 1.48. The van der Waals surface area contributed by atoms with Crippen LogP contribution in [0, 0.1) is 0 Å². The second kappa shape index (κ2) is 10.5. The number of aromatic nitrogens is 1. The Morgan fingerprint density at radius 3 is 2.56 bits per heavy atom. The maximum Gasteiger partial charge on any atom is 0.220 e. The maximum absolute atomic E-state index is 12.5. The van der Waals surface area contributed by atoms with Crippen LogP contribution in [0.4, 0.5) is 0 Å². The number of carbonyl (C=O) groups is 1. The van der Waals surface area contributed by atoms with E-state index < -0.39 is 0 Å². The Labute approximate surface area is 166 Å². The molecule has 146 valence electrons. The van der Waals surface area contributed by atoms with Gasteiger partial charge in [0.05, 0.1) is 13.2 Å². The van der Waals surface area contributed by atoms with E-state index in [2.05, 4.69) is 14.8 Å². The van der Waals surface area contributed by atoms with Crippen LogP contribution in [-0.4, -0.2) is 54.8 Å². The molecule has 0 saturated carbocycles. The summed E-state index contributed by atoms with van der Waals surface area (Å²) in [6, 6.07) is 11.8. The van der Waals surface area contributed by atoms with Crippen LogP contribution in [0.25, 0.3) is 0 Å². The fourth-order valence-electron chi connectivity index (χ4n) is 3.42. The largest absolute Gasteiger partial charge is 0.379 e. The zero-order valence-electron chi connectivity index (χ0n) is 15.6. The van der Waals surface area contributed by atoms with Gasteiger partial charge in [-0.05, 0) is 42.8 Å². The van der Waals surface area contributed by atoms with Crippen molar-refractivity contribution >= 4 is 17.5 Å². The van der Waals surface area contributed by atoms with Crippen molar-refractivity contribution in [1.29, 1.82) is 0 Å². The van der Waals surface area contributed by atoms with Crippen LogP contribution < -0.4 is 5.32 Å². The maximum atomic E-state index is 12.5. The van der Waals surface area contributed by atoms with Gasteiger partial charge in [0.15, 0.2) is 0 Å². The van der Waals surface area contributed by atoms with Crippen molar-refractivity contribution in [1.82, 2.24) is 14.8 Å². The Morgan fingerprint density at radius 1 is 1.15 bits per heavy atom. The molecule has 1 fully saturated rings. The number of benzene rings is 1. The zero-order valence-corrected chi connectivity index (χ0v) is 16.4. The molecule has 0 aliphatic carbocycles. The summed E-state index contributed by atoms with van der Waals surface area (Å²) in [6.45, 7) is 6.10. The molecule has 0 radical (unpaired) electrons. The number of nitrogens with zero attached hydrogens (tertiary/aromatic N) is 2. The van der Waals surface area contributed by atoms with Gasteiger partial charge in [-0.1, -0.05) is 23.7 Å². The molecule has 1 aliphatic rings. The first-order chi connectivity index (χ1) is 13.2. The lowest BCUT2D eigenvalue weighted by Crippen LogP contribution is -2.38. The molecular weight excluding hydrogens is 362 g/mol. The van der Waals surface area contributed by atoms with Gasteiger partial charge in [-0.25, -0.2) is 0 Å². The standard InChI is InChI=1S/C21H28ClN3O2/c22-20-6-4-18(5-7-20)19(17-25-9-1-2-10-25)16-21(26)23-8-3-11-24-12-14-27-15-13-24/h1-2,4-7,9-10,19H,3,8,11-17H2,(H,23,26). The van der Waals surface area contributed by atoms with E-state index >= 15 is 0 Å². The number of hydrogen-bond donors (Lipinski definition) is 1. The van der Waals surface area contributed by atoms with Gasteiger partial charge in [0.25, 0.3) is 0 Å². The van der Waals surface area contributed by atoms with E-state index in [0.717, 1.165) is 51.4 Å². The molecule has 1 unspecified atom stereocenters. The molecule has 3 rings (SSSR count). The van der Waals surface area contributed by atoms with Crippen LogP contribution in [0.3, 0.4) is 0 Å². The minimum absolute atomic E-state index is 0.101. The Bertz CT molecular complexity index is 682. The SMILES string of the molecule is O=C(CC(Cn1cccc1)c1ccc(Cl)cc1)NCCCN1CCOCC1. The molecule has 1 saturated heterocycles. The first-order valence-electron chi connectivity index (χ1n) is 9.64. The minimum atomic E-state index is 0.101. The van der Waals surface area contributed by atoms with E-state index in [0.29, 0.717) is 18.0 Å². The lowest BCUT2D eigenvalue weighted by Gasteiger charge is -2.26. The van der Waals surface area contributed by atoms with Crippen LogP contribution in [0.1, 0.15) is 24.3 Å². The molecule has 2 aromatic rings. The van der Waals surface area contributed by atoms with E-state index in [1.165, 1.54) is 0 Å². The topological polar surface area (TPSA) is 46.5 Å². The quantitative estimate of drug-likeness (QED) is 0.670. The van der Waals surface area contributed by atoms with Crippen molar-refractivity contribution < 1.29 is 9.53 Å². The predicted octanol–water partition coefficient (Wildman–Crippen LogP) is 3.15. The number of ether oxygens (including phenoxy) is 1. The fourth-order valence-corrected chi connectivity index (χ4v) is 3.55. The Hall–Kier alpha value is -1.82. The number of rotatable bonds is 9. The molecule has 1 amide bonds. The summed E-state index contributed by atoms with van der Waals surface area (Å²) in [5, 5.41) is 3.80. The first-order valence-corrected chi connectivity index (χ1v) is 10.0. The Kier molecular flexibility index (Phi) is 7.75. The molecule has 27 heavy (non-hydrogen) atoms.